The lowest BCUT2D eigenvalue weighted by Crippen LogP contribution is -2.49. The quantitative estimate of drug-likeness (QED) is 0.845. The van der Waals surface area contributed by atoms with E-state index in [1.54, 1.807) is 24.0 Å². The van der Waals surface area contributed by atoms with Gasteiger partial charge < -0.3 is 14.6 Å². The second-order valence-corrected chi connectivity index (χ2v) is 7.20. The lowest BCUT2D eigenvalue weighted by molar-refractivity contribution is -0.134. The van der Waals surface area contributed by atoms with Gasteiger partial charge in [0.25, 0.3) is 5.91 Å². The molecule has 1 aromatic carbocycles. The SMILES string of the molecule is C[C@@H]1CCc2ccccc2N1C(=O)CN1C(=O)N[C@](C)(c2ccco2)C1=O. The molecule has 0 bridgehead atoms. The predicted molar refractivity (Wildman–Crippen MR) is 98.0 cm³/mol. The van der Waals surface area contributed by atoms with E-state index in [-0.39, 0.29) is 18.5 Å². The Kier molecular flexibility index (Phi) is 4.02. The van der Waals surface area contributed by atoms with Crippen LogP contribution < -0.4 is 10.2 Å². The van der Waals surface area contributed by atoms with Crippen molar-refractivity contribution in [3.8, 4) is 0 Å². The van der Waals surface area contributed by atoms with Crippen molar-refractivity contribution < 1.29 is 18.8 Å². The minimum atomic E-state index is -1.30. The fourth-order valence-corrected chi connectivity index (χ4v) is 3.85. The third kappa shape index (κ3) is 2.70. The van der Waals surface area contributed by atoms with Gasteiger partial charge in [-0.05, 0) is 50.5 Å². The van der Waals surface area contributed by atoms with Crippen molar-refractivity contribution in [1.82, 2.24) is 10.2 Å². The van der Waals surface area contributed by atoms with Crippen molar-refractivity contribution in [2.45, 2.75) is 38.3 Å². The van der Waals surface area contributed by atoms with Gasteiger partial charge in [0.15, 0.2) is 5.54 Å². The zero-order chi connectivity index (χ0) is 19.2. The molecule has 1 N–H and O–H groups in total. The number of fused-ring (bicyclic) bond motifs is 1. The molecule has 0 unspecified atom stereocenters. The molecule has 2 aromatic rings. The number of nitrogens with one attached hydrogen (secondary N) is 1. The topological polar surface area (TPSA) is 82.9 Å². The molecule has 0 spiro atoms. The van der Waals surface area contributed by atoms with Crippen molar-refractivity contribution in [1.29, 1.82) is 0 Å². The lowest BCUT2D eigenvalue weighted by Gasteiger charge is -2.36. The van der Waals surface area contributed by atoms with Crippen LogP contribution in [0.15, 0.2) is 47.1 Å². The smallest absolute Gasteiger partial charge is 0.325 e. The van der Waals surface area contributed by atoms with Gasteiger partial charge in [0.1, 0.15) is 12.3 Å². The molecule has 1 fully saturated rings. The Morgan fingerprint density at radius 3 is 2.78 bits per heavy atom. The van der Waals surface area contributed by atoms with Crippen LogP contribution >= 0.6 is 0 Å². The lowest BCUT2D eigenvalue weighted by atomic mass is 9.96. The van der Waals surface area contributed by atoms with Crippen LogP contribution in [0, 0.1) is 0 Å². The summed E-state index contributed by atoms with van der Waals surface area (Å²) in [6.45, 7) is 3.25. The Labute approximate surface area is 156 Å². The van der Waals surface area contributed by atoms with Crippen LogP contribution in [0.5, 0.6) is 0 Å². The Balaban J connectivity index is 1.59. The summed E-state index contributed by atoms with van der Waals surface area (Å²) in [7, 11) is 0. The number of rotatable bonds is 3. The average Bonchev–Trinajstić information content (AvgIpc) is 3.26. The highest BCUT2D eigenvalue weighted by atomic mass is 16.3. The van der Waals surface area contributed by atoms with Gasteiger partial charge >= 0.3 is 6.03 Å². The minimum absolute atomic E-state index is 0.00428. The fraction of sp³-hybridized carbons (Fsp3) is 0.350. The number of para-hydroxylation sites is 1. The second kappa shape index (κ2) is 6.26. The summed E-state index contributed by atoms with van der Waals surface area (Å²) in [6.07, 6.45) is 3.19. The fourth-order valence-electron chi connectivity index (χ4n) is 3.85. The van der Waals surface area contributed by atoms with Gasteiger partial charge in [0, 0.05) is 11.7 Å². The number of amides is 4. The molecule has 1 saturated heterocycles. The van der Waals surface area contributed by atoms with E-state index in [0.29, 0.717) is 5.76 Å². The van der Waals surface area contributed by atoms with Gasteiger partial charge in [-0.15, -0.1) is 0 Å². The Bertz CT molecular complexity index is 908. The molecular formula is C20H21N3O4. The van der Waals surface area contributed by atoms with Gasteiger partial charge in [-0.25, -0.2) is 4.79 Å². The van der Waals surface area contributed by atoms with Gasteiger partial charge in [0.05, 0.1) is 6.26 Å². The van der Waals surface area contributed by atoms with Crippen LogP contribution in [-0.2, 0) is 21.5 Å². The average molecular weight is 367 g/mol. The van der Waals surface area contributed by atoms with Crippen molar-refractivity contribution in [2.75, 3.05) is 11.4 Å². The number of imide groups is 1. The van der Waals surface area contributed by atoms with Crippen LogP contribution in [0.3, 0.4) is 0 Å². The van der Waals surface area contributed by atoms with E-state index in [0.717, 1.165) is 29.0 Å². The third-order valence-electron chi connectivity index (χ3n) is 5.37. The Morgan fingerprint density at radius 1 is 1.26 bits per heavy atom. The molecule has 3 heterocycles. The van der Waals surface area contributed by atoms with E-state index < -0.39 is 17.5 Å². The summed E-state index contributed by atoms with van der Waals surface area (Å²) in [5, 5.41) is 2.64. The summed E-state index contributed by atoms with van der Waals surface area (Å²) in [5.41, 5.74) is 0.649. The number of urea groups is 1. The molecule has 140 valence electrons. The van der Waals surface area contributed by atoms with E-state index in [9.17, 15) is 14.4 Å². The maximum absolute atomic E-state index is 13.0. The normalized spacial score (nSPS) is 24.7. The number of anilines is 1. The van der Waals surface area contributed by atoms with Crippen LogP contribution in [-0.4, -0.2) is 35.3 Å². The number of hydrogen-bond acceptors (Lipinski definition) is 4. The highest BCUT2D eigenvalue weighted by molar-refractivity contribution is 6.10. The van der Waals surface area contributed by atoms with Crippen LogP contribution in [0.25, 0.3) is 0 Å². The van der Waals surface area contributed by atoms with Gasteiger partial charge in [-0.1, -0.05) is 18.2 Å². The number of aryl methyl sites for hydroxylation is 1. The summed E-state index contributed by atoms with van der Waals surface area (Å²) in [6, 6.07) is 10.4. The summed E-state index contributed by atoms with van der Waals surface area (Å²) >= 11 is 0. The first-order valence-electron chi connectivity index (χ1n) is 9.00. The maximum Gasteiger partial charge on any atom is 0.325 e. The van der Waals surface area contributed by atoms with Gasteiger partial charge in [-0.3, -0.25) is 14.5 Å². The Morgan fingerprint density at radius 2 is 2.04 bits per heavy atom. The number of hydrogen-bond donors (Lipinski definition) is 1. The van der Waals surface area contributed by atoms with Crippen molar-refractivity contribution >= 4 is 23.5 Å². The second-order valence-electron chi connectivity index (χ2n) is 7.20. The van der Waals surface area contributed by atoms with Crippen molar-refractivity contribution in [3.63, 3.8) is 0 Å². The summed E-state index contributed by atoms with van der Waals surface area (Å²) in [5.74, 6) is -0.428. The molecular weight excluding hydrogens is 346 g/mol. The van der Waals surface area contributed by atoms with Crippen molar-refractivity contribution in [3.05, 3.63) is 54.0 Å². The highest BCUT2D eigenvalue weighted by Crippen LogP contribution is 2.32. The molecule has 0 radical (unpaired) electrons. The number of carbonyl (C=O) groups excluding carboxylic acids is 3. The largest absolute Gasteiger partial charge is 0.466 e. The highest BCUT2D eigenvalue weighted by Gasteiger charge is 2.51. The molecule has 4 rings (SSSR count). The molecule has 2 aliphatic rings. The Hall–Kier alpha value is -3.09. The molecule has 7 heteroatoms. The molecule has 0 saturated carbocycles. The number of benzene rings is 1. The molecule has 1 aromatic heterocycles. The zero-order valence-corrected chi connectivity index (χ0v) is 15.3. The number of nitrogens with zero attached hydrogens (tertiary/aromatic N) is 2. The standard InChI is InChI=1S/C20H21N3O4/c1-13-9-10-14-6-3-4-7-15(14)23(13)17(24)12-22-18(25)20(2,21-19(22)26)16-8-5-11-27-16/h3-8,11,13H,9-10,12H2,1-2H3,(H,21,26)/t13-,20-/m1/s1. The van der Waals surface area contributed by atoms with E-state index in [2.05, 4.69) is 5.32 Å². The van der Waals surface area contributed by atoms with Crippen molar-refractivity contribution in [2.24, 2.45) is 0 Å². The molecule has 2 aliphatic heterocycles. The van der Waals surface area contributed by atoms with Crippen LogP contribution in [0.4, 0.5) is 10.5 Å². The third-order valence-corrected chi connectivity index (χ3v) is 5.37. The first-order valence-corrected chi connectivity index (χ1v) is 9.00. The number of carbonyl (C=O) groups is 3. The first-order chi connectivity index (χ1) is 12.9. The van der Waals surface area contributed by atoms with Gasteiger partial charge in [-0.2, -0.15) is 0 Å². The molecule has 0 aliphatic carbocycles. The maximum atomic E-state index is 13.0. The van der Waals surface area contributed by atoms with Crippen LogP contribution in [0.2, 0.25) is 0 Å². The minimum Gasteiger partial charge on any atom is -0.466 e. The monoisotopic (exact) mass is 367 g/mol. The van der Waals surface area contributed by atoms with Crippen LogP contribution in [0.1, 0.15) is 31.6 Å². The summed E-state index contributed by atoms with van der Waals surface area (Å²) < 4.78 is 5.31. The number of furan rings is 1. The molecule has 27 heavy (non-hydrogen) atoms. The molecule has 2 atom stereocenters. The molecule has 4 amide bonds. The van der Waals surface area contributed by atoms with E-state index >= 15 is 0 Å². The van der Waals surface area contributed by atoms with E-state index in [4.69, 9.17) is 4.42 Å². The van der Waals surface area contributed by atoms with Gasteiger partial charge in [0.2, 0.25) is 5.91 Å². The first kappa shape index (κ1) is 17.3. The van der Waals surface area contributed by atoms with E-state index in [1.807, 2.05) is 31.2 Å². The predicted octanol–water partition coefficient (Wildman–Crippen LogP) is 2.41. The zero-order valence-electron chi connectivity index (χ0n) is 15.3. The van der Waals surface area contributed by atoms with E-state index in [1.165, 1.54) is 6.26 Å². The molecule has 7 nitrogen and oxygen atoms in total. The summed E-state index contributed by atoms with van der Waals surface area (Å²) in [4.78, 5) is 41.0.